The molecule has 0 saturated carbocycles. The minimum atomic E-state index is -4.33. The number of nitrogens with zero attached hydrogens (tertiary/aromatic N) is 1. The summed E-state index contributed by atoms with van der Waals surface area (Å²) in [5.41, 5.74) is 0.104. The lowest BCUT2D eigenvalue weighted by atomic mass is 10.0. The van der Waals surface area contributed by atoms with Crippen LogP contribution in [0.5, 0.6) is 0 Å². The summed E-state index contributed by atoms with van der Waals surface area (Å²) in [5.74, 6) is 0.375. The lowest BCUT2D eigenvalue weighted by molar-refractivity contribution is -0.137. The smallest absolute Gasteiger partial charge is 0.381 e. The fourth-order valence-electron chi connectivity index (χ4n) is 2.79. The molecule has 2 heterocycles. The first kappa shape index (κ1) is 18.8. The molecule has 1 unspecified atom stereocenters. The number of thiazole rings is 1. The third-order valence-electron chi connectivity index (χ3n) is 4.26. The van der Waals surface area contributed by atoms with Gasteiger partial charge >= 0.3 is 6.18 Å². The third kappa shape index (κ3) is 5.28. The maximum Gasteiger partial charge on any atom is 0.416 e. The molecule has 1 aromatic carbocycles. The van der Waals surface area contributed by atoms with Crippen LogP contribution in [0.4, 0.5) is 18.3 Å². The number of carbonyl (C=O) groups excluding carboxylic acids is 1. The zero-order valence-electron chi connectivity index (χ0n) is 14.0. The Morgan fingerprint density at radius 2 is 2.08 bits per heavy atom. The molecule has 1 N–H and O–H groups in total. The highest BCUT2D eigenvalue weighted by molar-refractivity contribution is 7.15. The first-order valence-corrected chi connectivity index (χ1v) is 9.20. The van der Waals surface area contributed by atoms with Crippen molar-refractivity contribution in [3.05, 3.63) is 46.5 Å². The molecule has 1 aliphatic heterocycles. The first-order valence-electron chi connectivity index (χ1n) is 8.38. The number of rotatable bonds is 6. The van der Waals surface area contributed by atoms with Gasteiger partial charge < -0.3 is 10.1 Å². The standard InChI is InChI=1S/C18H19F3N2O2S/c19-18(20,21)14-4-1-12(2-5-14)9-15-10-22-17(26-15)23-16(24)6-3-13-7-8-25-11-13/h1-2,4-5,10,13H,3,6-9,11H2,(H,22,23,24). The van der Waals surface area contributed by atoms with E-state index in [9.17, 15) is 18.0 Å². The van der Waals surface area contributed by atoms with Crippen molar-refractivity contribution < 1.29 is 22.7 Å². The number of halogens is 3. The van der Waals surface area contributed by atoms with E-state index < -0.39 is 11.7 Å². The number of ether oxygens (including phenoxy) is 1. The molecule has 1 amide bonds. The minimum absolute atomic E-state index is 0.0765. The molecule has 26 heavy (non-hydrogen) atoms. The van der Waals surface area contributed by atoms with Crippen molar-refractivity contribution in [2.24, 2.45) is 5.92 Å². The van der Waals surface area contributed by atoms with Gasteiger partial charge in [0.05, 0.1) is 5.56 Å². The molecule has 1 saturated heterocycles. The number of aromatic nitrogens is 1. The molecule has 0 aliphatic carbocycles. The van der Waals surface area contributed by atoms with Crippen LogP contribution < -0.4 is 5.32 Å². The summed E-state index contributed by atoms with van der Waals surface area (Å²) in [6.07, 6.45) is 0.0260. The van der Waals surface area contributed by atoms with Crippen LogP contribution in [0.25, 0.3) is 0 Å². The molecule has 0 bridgehead atoms. The maximum absolute atomic E-state index is 12.6. The number of hydrogen-bond donors (Lipinski definition) is 1. The van der Waals surface area contributed by atoms with E-state index >= 15 is 0 Å². The van der Waals surface area contributed by atoms with E-state index in [0.717, 1.165) is 48.6 Å². The van der Waals surface area contributed by atoms with Gasteiger partial charge in [0, 0.05) is 37.1 Å². The number of benzene rings is 1. The number of alkyl halides is 3. The molecule has 2 aromatic rings. The third-order valence-corrected chi connectivity index (χ3v) is 5.18. The molecule has 3 rings (SSSR count). The zero-order valence-corrected chi connectivity index (χ0v) is 14.8. The normalized spacial score (nSPS) is 17.4. The Morgan fingerprint density at radius 3 is 2.73 bits per heavy atom. The predicted octanol–water partition coefficient (Wildman–Crippen LogP) is 4.51. The average molecular weight is 384 g/mol. The van der Waals surface area contributed by atoms with E-state index in [1.54, 1.807) is 6.20 Å². The fraction of sp³-hybridized carbons (Fsp3) is 0.444. The van der Waals surface area contributed by atoms with Crippen LogP contribution in [0, 0.1) is 5.92 Å². The maximum atomic E-state index is 12.6. The minimum Gasteiger partial charge on any atom is -0.381 e. The topological polar surface area (TPSA) is 51.2 Å². The molecule has 1 aromatic heterocycles. The molecule has 0 spiro atoms. The quantitative estimate of drug-likeness (QED) is 0.797. The number of hydrogen-bond acceptors (Lipinski definition) is 4. The molecule has 1 atom stereocenters. The number of nitrogens with one attached hydrogen (secondary N) is 1. The monoisotopic (exact) mass is 384 g/mol. The Bertz CT molecular complexity index is 738. The van der Waals surface area contributed by atoms with E-state index in [-0.39, 0.29) is 5.91 Å². The zero-order chi connectivity index (χ0) is 18.6. The Hall–Kier alpha value is -1.93. The first-order chi connectivity index (χ1) is 12.4. The highest BCUT2D eigenvalue weighted by atomic mass is 32.1. The van der Waals surface area contributed by atoms with Gasteiger partial charge in [-0.25, -0.2) is 4.98 Å². The molecular weight excluding hydrogens is 365 g/mol. The van der Waals surface area contributed by atoms with Crippen molar-refractivity contribution in [3.63, 3.8) is 0 Å². The van der Waals surface area contributed by atoms with Gasteiger partial charge in [-0.2, -0.15) is 13.2 Å². The summed E-state index contributed by atoms with van der Waals surface area (Å²) in [5, 5.41) is 3.29. The number of carbonyl (C=O) groups is 1. The second-order valence-corrected chi connectivity index (χ2v) is 7.43. The van der Waals surface area contributed by atoms with Gasteiger partial charge in [-0.1, -0.05) is 12.1 Å². The fourth-order valence-corrected chi connectivity index (χ4v) is 3.65. The van der Waals surface area contributed by atoms with Crippen molar-refractivity contribution in [1.82, 2.24) is 4.98 Å². The summed E-state index contributed by atoms with van der Waals surface area (Å²) in [7, 11) is 0. The van der Waals surface area contributed by atoms with Crippen molar-refractivity contribution in [3.8, 4) is 0 Å². The summed E-state index contributed by atoms with van der Waals surface area (Å²) in [4.78, 5) is 17.0. The summed E-state index contributed by atoms with van der Waals surface area (Å²) in [6, 6.07) is 5.08. The van der Waals surface area contributed by atoms with Crippen LogP contribution in [-0.4, -0.2) is 24.1 Å². The van der Waals surface area contributed by atoms with Gasteiger partial charge in [0.25, 0.3) is 0 Å². The number of amides is 1. The second-order valence-electron chi connectivity index (χ2n) is 6.32. The average Bonchev–Trinajstić information content (AvgIpc) is 3.25. The molecule has 140 valence electrons. The van der Waals surface area contributed by atoms with Crippen LogP contribution >= 0.6 is 11.3 Å². The highest BCUT2D eigenvalue weighted by Gasteiger charge is 2.29. The second kappa shape index (κ2) is 8.18. The molecular formula is C18H19F3N2O2S. The molecule has 1 fully saturated rings. The Balaban J connectivity index is 1.50. The van der Waals surface area contributed by atoms with Crippen LogP contribution in [0.15, 0.2) is 30.5 Å². The van der Waals surface area contributed by atoms with Gasteiger partial charge in [0.1, 0.15) is 0 Å². The van der Waals surface area contributed by atoms with Crippen molar-refractivity contribution >= 4 is 22.4 Å². The summed E-state index contributed by atoms with van der Waals surface area (Å²) in [6.45, 7) is 1.49. The molecule has 8 heteroatoms. The molecule has 0 radical (unpaired) electrons. The Morgan fingerprint density at radius 1 is 1.31 bits per heavy atom. The summed E-state index contributed by atoms with van der Waals surface area (Å²) >= 11 is 1.33. The summed E-state index contributed by atoms with van der Waals surface area (Å²) < 4.78 is 43.0. The molecule has 4 nitrogen and oxygen atoms in total. The van der Waals surface area contributed by atoms with Crippen molar-refractivity contribution in [1.29, 1.82) is 0 Å². The highest BCUT2D eigenvalue weighted by Crippen LogP contribution is 2.30. The lowest BCUT2D eigenvalue weighted by Gasteiger charge is -2.07. The van der Waals surface area contributed by atoms with Crippen LogP contribution in [0.2, 0.25) is 0 Å². The van der Waals surface area contributed by atoms with Gasteiger partial charge in [-0.05, 0) is 36.5 Å². The van der Waals surface area contributed by atoms with E-state index in [1.165, 1.54) is 23.5 Å². The van der Waals surface area contributed by atoms with E-state index in [2.05, 4.69) is 10.3 Å². The van der Waals surface area contributed by atoms with Crippen LogP contribution in [0.3, 0.4) is 0 Å². The lowest BCUT2D eigenvalue weighted by Crippen LogP contribution is -2.13. The van der Waals surface area contributed by atoms with Crippen molar-refractivity contribution in [2.45, 2.75) is 31.9 Å². The SMILES string of the molecule is O=C(CCC1CCOC1)Nc1ncc(Cc2ccc(C(F)(F)F)cc2)s1. The van der Waals surface area contributed by atoms with Crippen molar-refractivity contribution in [2.75, 3.05) is 18.5 Å². The van der Waals surface area contributed by atoms with Gasteiger partial charge in [0.2, 0.25) is 5.91 Å². The Kier molecular flexibility index (Phi) is 5.93. The van der Waals surface area contributed by atoms with Crippen LogP contribution in [-0.2, 0) is 22.1 Å². The molecule has 1 aliphatic rings. The van der Waals surface area contributed by atoms with Crippen LogP contribution in [0.1, 0.15) is 35.3 Å². The van der Waals surface area contributed by atoms with E-state index in [0.29, 0.717) is 23.9 Å². The largest absolute Gasteiger partial charge is 0.416 e. The Labute approximate surface area is 153 Å². The predicted molar refractivity (Wildman–Crippen MR) is 93.2 cm³/mol. The van der Waals surface area contributed by atoms with Gasteiger partial charge in [-0.3, -0.25) is 4.79 Å². The van der Waals surface area contributed by atoms with E-state index in [1.807, 2.05) is 0 Å². The van der Waals surface area contributed by atoms with Gasteiger partial charge in [-0.15, -0.1) is 11.3 Å². The van der Waals surface area contributed by atoms with E-state index in [4.69, 9.17) is 4.74 Å². The van der Waals surface area contributed by atoms with Gasteiger partial charge in [0.15, 0.2) is 5.13 Å². The number of anilines is 1.